The van der Waals surface area contributed by atoms with E-state index in [0.29, 0.717) is 12.1 Å². The zero-order valence-corrected chi connectivity index (χ0v) is 18.4. The number of hydrogen-bond acceptors (Lipinski definition) is 6. The molecule has 30 heavy (non-hydrogen) atoms. The highest BCUT2D eigenvalue weighted by Gasteiger charge is 2.11. The Morgan fingerprint density at radius 3 is 2.50 bits per heavy atom. The van der Waals surface area contributed by atoms with Crippen LogP contribution in [-0.2, 0) is 23.6 Å². The van der Waals surface area contributed by atoms with Crippen LogP contribution in [0.25, 0.3) is 0 Å². The van der Waals surface area contributed by atoms with Gasteiger partial charge in [0, 0.05) is 47.8 Å². The zero-order valence-electron chi connectivity index (χ0n) is 16.8. The van der Waals surface area contributed by atoms with Gasteiger partial charge in [-0.2, -0.15) is 0 Å². The van der Waals surface area contributed by atoms with Crippen molar-refractivity contribution in [2.75, 3.05) is 26.3 Å². The molecule has 1 aliphatic rings. The fraction of sp³-hybridized carbons (Fsp3) is 0.304. The summed E-state index contributed by atoms with van der Waals surface area (Å²) in [6.07, 6.45) is 0. The Bertz CT molecular complexity index is 922. The molecule has 0 atom stereocenters. The minimum absolute atomic E-state index is 0.0524. The van der Waals surface area contributed by atoms with E-state index in [2.05, 4.69) is 44.8 Å². The number of carbonyl (C=O) groups is 1. The monoisotopic (exact) mass is 439 g/mol. The molecule has 0 saturated carbocycles. The van der Waals surface area contributed by atoms with Crippen molar-refractivity contribution in [1.29, 1.82) is 0 Å². The number of carbonyl (C=O) groups excluding carboxylic acids is 1. The summed E-state index contributed by atoms with van der Waals surface area (Å²) in [7, 11) is 0. The molecule has 0 radical (unpaired) electrons. The maximum atomic E-state index is 12.5. The average molecular weight is 440 g/mol. The van der Waals surface area contributed by atoms with Crippen LogP contribution in [-0.4, -0.2) is 42.1 Å². The second-order valence-corrected chi connectivity index (χ2v) is 8.95. The highest BCUT2D eigenvalue weighted by Crippen LogP contribution is 2.23. The van der Waals surface area contributed by atoms with E-state index in [9.17, 15) is 4.79 Å². The van der Waals surface area contributed by atoms with Crippen LogP contribution in [0.4, 0.5) is 0 Å². The van der Waals surface area contributed by atoms with Gasteiger partial charge in [-0.1, -0.05) is 24.3 Å². The summed E-state index contributed by atoms with van der Waals surface area (Å²) in [5.74, 6) is 0.791. The van der Waals surface area contributed by atoms with Gasteiger partial charge in [0.1, 0.15) is 0 Å². The first-order valence-electron chi connectivity index (χ1n) is 10.0. The second kappa shape index (κ2) is 10.7. The molecule has 0 unspecified atom stereocenters. The summed E-state index contributed by atoms with van der Waals surface area (Å²) in [6.45, 7) is 5.07. The third-order valence-corrected chi connectivity index (χ3v) is 6.65. The number of hydrogen-bond donors (Lipinski definition) is 1. The molecule has 0 spiro atoms. The van der Waals surface area contributed by atoms with Gasteiger partial charge >= 0.3 is 0 Å². The van der Waals surface area contributed by atoms with E-state index in [4.69, 9.17) is 4.74 Å². The highest BCUT2D eigenvalue weighted by molar-refractivity contribution is 7.98. The molecular formula is C23H25N3O2S2. The SMILES string of the molecule is O=C(NCc1ccc(CN2CCOCC2)cc1)c1ccc(SCc2cscn2)cc1. The van der Waals surface area contributed by atoms with Crippen LogP contribution in [0.3, 0.4) is 0 Å². The Morgan fingerprint density at radius 1 is 1.07 bits per heavy atom. The third kappa shape index (κ3) is 6.15. The number of morpholine rings is 1. The molecule has 0 bridgehead atoms. The smallest absolute Gasteiger partial charge is 0.251 e. The van der Waals surface area contributed by atoms with Crippen LogP contribution >= 0.6 is 23.1 Å². The van der Waals surface area contributed by atoms with Crippen molar-refractivity contribution in [1.82, 2.24) is 15.2 Å². The molecule has 7 heteroatoms. The number of thiazole rings is 1. The van der Waals surface area contributed by atoms with Crippen molar-refractivity contribution < 1.29 is 9.53 Å². The van der Waals surface area contributed by atoms with Gasteiger partial charge in [-0.25, -0.2) is 4.98 Å². The maximum Gasteiger partial charge on any atom is 0.251 e. The molecule has 5 nitrogen and oxygen atoms in total. The van der Waals surface area contributed by atoms with Crippen molar-refractivity contribution >= 4 is 29.0 Å². The number of nitrogens with one attached hydrogen (secondary N) is 1. The zero-order chi connectivity index (χ0) is 20.6. The molecule has 1 aliphatic heterocycles. The Hall–Kier alpha value is -2.19. The molecule has 2 aromatic carbocycles. The fourth-order valence-corrected chi connectivity index (χ4v) is 4.70. The predicted molar refractivity (Wildman–Crippen MR) is 122 cm³/mol. The summed E-state index contributed by atoms with van der Waals surface area (Å²) in [5.41, 5.74) is 6.00. The van der Waals surface area contributed by atoms with E-state index >= 15 is 0 Å². The summed E-state index contributed by atoms with van der Waals surface area (Å²) in [5, 5.41) is 5.07. The third-order valence-electron chi connectivity index (χ3n) is 4.97. The first-order valence-corrected chi connectivity index (χ1v) is 12.0. The van der Waals surface area contributed by atoms with E-state index in [1.165, 1.54) is 5.56 Å². The number of aromatic nitrogens is 1. The molecule has 2 heterocycles. The molecule has 0 aliphatic carbocycles. The van der Waals surface area contributed by atoms with Gasteiger partial charge in [-0.05, 0) is 35.4 Å². The van der Waals surface area contributed by atoms with Crippen LogP contribution in [0.15, 0.2) is 64.3 Å². The Kier molecular flexibility index (Phi) is 7.53. The Morgan fingerprint density at radius 2 is 1.80 bits per heavy atom. The summed E-state index contributed by atoms with van der Waals surface area (Å²) in [6, 6.07) is 16.2. The number of amides is 1. The number of nitrogens with zero attached hydrogens (tertiary/aromatic N) is 2. The van der Waals surface area contributed by atoms with E-state index in [0.717, 1.165) is 54.8 Å². The van der Waals surface area contributed by atoms with Crippen LogP contribution in [0, 0.1) is 0 Å². The van der Waals surface area contributed by atoms with Gasteiger partial charge in [-0.3, -0.25) is 9.69 Å². The summed E-state index contributed by atoms with van der Waals surface area (Å²) < 4.78 is 5.40. The van der Waals surface area contributed by atoms with Gasteiger partial charge in [0.25, 0.3) is 5.91 Å². The Balaban J connectivity index is 1.23. The molecule has 156 valence electrons. The normalized spacial score (nSPS) is 14.5. The summed E-state index contributed by atoms with van der Waals surface area (Å²) in [4.78, 5) is 20.3. The number of benzene rings is 2. The quantitative estimate of drug-likeness (QED) is 0.533. The fourth-order valence-electron chi connectivity index (χ4n) is 3.23. The topological polar surface area (TPSA) is 54.5 Å². The molecule has 1 saturated heterocycles. The lowest BCUT2D eigenvalue weighted by Crippen LogP contribution is -2.35. The van der Waals surface area contributed by atoms with Crippen molar-refractivity contribution in [2.24, 2.45) is 0 Å². The predicted octanol–water partition coefficient (Wildman–Crippen LogP) is 4.20. The minimum atomic E-state index is -0.0524. The van der Waals surface area contributed by atoms with Gasteiger partial charge in [0.2, 0.25) is 0 Å². The number of rotatable bonds is 8. The Labute approximate surface area is 185 Å². The van der Waals surface area contributed by atoms with Crippen molar-refractivity contribution in [3.05, 3.63) is 81.8 Å². The van der Waals surface area contributed by atoms with Crippen LogP contribution < -0.4 is 5.32 Å². The van der Waals surface area contributed by atoms with Crippen molar-refractivity contribution in [3.63, 3.8) is 0 Å². The van der Waals surface area contributed by atoms with Crippen LogP contribution in [0.2, 0.25) is 0 Å². The lowest BCUT2D eigenvalue weighted by atomic mass is 10.1. The van der Waals surface area contributed by atoms with Crippen LogP contribution in [0.1, 0.15) is 27.2 Å². The number of ether oxygens (including phenoxy) is 1. The van der Waals surface area contributed by atoms with E-state index in [-0.39, 0.29) is 5.91 Å². The van der Waals surface area contributed by atoms with E-state index < -0.39 is 0 Å². The van der Waals surface area contributed by atoms with E-state index in [1.54, 1.807) is 23.1 Å². The highest BCUT2D eigenvalue weighted by atomic mass is 32.2. The van der Waals surface area contributed by atoms with Crippen molar-refractivity contribution in [3.8, 4) is 0 Å². The molecule has 4 rings (SSSR count). The first kappa shape index (κ1) is 21.1. The lowest BCUT2D eigenvalue weighted by Gasteiger charge is -2.26. The van der Waals surface area contributed by atoms with Gasteiger partial charge in [-0.15, -0.1) is 23.1 Å². The largest absolute Gasteiger partial charge is 0.379 e. The van der Waals surface area contributed by atoms with Crippen LogP contribution in [0.5, 0.6) is 0 Å². The summed E-state index contributed by atoms with van der Waals surface area (Å²) >= 11 is 3.33. The lowest BCUT2D eigenvalue weighted by molar-refractivity contribution is 0.0342. The second-order valence-electron chi connectivity index (χ2n) is 7.18. The first-order chi connectivity index (χ1) is 14.8. The molecule has 3 aromatic rings. The van der Waals surface area contributed by atoms with Gasteiger partial charge in [0.15, 0.2) is 0 Å². The number of thioether (sulfide) groups is 1. The molecule has 1 N–H and O–H groups in total. The maximum absolute atomic E-state index is 12.5. The van der Waals surface area contributed by atoms with Gasteiger partial charge < -0.3 is 10.1 Å². The average Bonchev–Trinajstić information content (AvgIpc) is 3.32. The molecular weight excluding hydrogens is 414 g/mol. The van der Waals surface area contributed by atoms with Crippen molar-refractivity contribution in [2.45, 2.75) is 23.7 Å². The standard InChI is InChI=1S/C23H25N3O2S2/c27-23(20-5-7-22(8-6-20)30-16-21-15-29-17-25-21)24-13-18-1-3-19(4-2-18)14-26-9-11-28-12-10-26/h1-8,15,17H,9-14,16H2,(H,24,27). The van der Waals surface area contributed by atoms with E-state index in [1.807, 2.05) is 29.8 Å². The van der Waals surface area contributed by atoms with Gasteiger partial charge in [0.05, 0.1) is 24.4 Å². The molecule has 1 fully saturated rings. The molecule has 1 aromatic heterocycles. The minimum Gasteiger partial charge on any atom is -0.379 e. The molecule has 1 amide bonds.